The van der Waals surface area contributed by atoms with Crippen molar-refractivity contribution in [3.05, 3.63) is 24.3 Å². The molecule has 0 aliphatic heterocycles. The second kappa shape index (κ2) is 61.4. The molecular formula is C66H124O6. The summed E-state index contributed by atoms with van der Waals surface area (Å²) in [5.41, 5.74) is 0. The van der Waals surface area contributed by atoms with Gasteiger partial charge in [-0.1, -0.05) is 315 Å². The average Bonchev–Trinajstić information content (AvgIpc) is 3.38. The number of hydrogen-bond acceptors (Lipinski definition) is 6. The van der Waals surface area contributed by atoms with Gasteiger partial charge in [0.1, 0.15) is 13.2 Å². The normalized spacial score (nSPS) is 12.1. The minimum absolute atomic E-state index is 0.0732. The minimum Gasteiger partial charge on any atom is -0.462 e. The van der Waals surface area contributed by atoms with Crippen LogP contribution in [-0.2, 0) is 28.6 Å². The van der Waals surface area contributed by atoms with Gasteiger partial charge in [-0.15, -0.1) is 0 Å². The van der Waals surface area contributed by atoms with Crippen LogP contribution >= 0.6 is 0 Å². The van der Waals surface area contributed by atoms with E-state index in [0.29, 0.717) is 19.3 Å². The second-order valence-electron chi connectivity index (χ2n) is 22.0. The summed E-state index contributed by atoms with van der Waals surface area (Å²) in [5, 5.41) is 0. The Morgan fingerprint density at radius 2 is 0.500 bits per heavy atom. The summed E-state index contributed by atoms with van der Waals surface area (Å²) >= 11 is 0. The number of unbranched alkanes of at least 4 members (excludes halogenated alkanes) is 45. The lowest BCUT2D eigenvalue weighted by atomic mass is 10.0. The van der Waals surface area contributed by atoms with E-state index in [-0.39, 0.29) is 31.1 Å². The van der Waals surface area contributed by atoms with Gasteiger partial charge in [-0.05, 0) is 51.4 Å². The van der Waals surface area contributed by atoms with Gasteiger partial charge in [-0.3, -0.25) is 14.4 Å². The first kappa shape index (κ1) is 69.9. The third kappa shape index (κ3) is 58.8. The van der Waals surface area contributed by atoms with Crippen molar-refractivity contribution in [3.63, 3.8) is 0 Å². The van der Waals surface area contributed by atoms with Gasteiger partial charge in [-0.25, -0.2) is 0 Å². The van der Waals surface area contributed by atoms with Crippen LogP contribution in [0.25, 0.3) is 0 Å². The zero-order valence-corrected chi connectivity index (χ0v) is 48.7. The lowest BCUT2D eigenvalue weighted by molar-refractivity contribution is -0.167. The Balaban J connectivity index is 3.84. The molecule has 0 aromatic rings. The maximum absolute atomic E-state index is 12.8. The predicted octanol–water partition coefficient (Wildman–Crippen LogP) is 21.8. The molecule has 424 valence electrons. The standard InChI is InChI=1S/C66H124O6/c1-4-7-10-13-15-17-19-21-23-24-25-26-27-28-29-30-31-32-33-34-35-36-37-38-39-40-41-43-44-46-48-50-53-56-59-65(68)71-62-63(61-70-64(67)58-55-52-12-9-6-3)72-66(69)60-57-54-51-49-47-45-42-22-20-18-16-14-11-8-5-2/h16,18,22,42,63H,4-15,17,19-21,23-41,43-62H2,1-3H3/b18-16-,42-22-. The lowest BCUT2D eigenvalue weighted by Gasteiger charge is -2.18. The van der Waals surface area contributed by atoms with Crippen LogP contribution in [0.1, 0.15) is 361 Å². The highest BCUT2D eigenvalue weighted by Gasteiger charge is 2.19. The van der Waals surface area contributed by atoms with Gasteiger partial charge in [0.2, 0.25) is 0 Å². The van der Waals surface area contributed by atoms with E-state index in [9.17, 15) is 14.4 Å². The molecule has 6 heteroatoms. The van der Waals surface area contributed by atoms with E-state index in [4.69, 9.17) is 14.2 Å². The molecule has 0 N–H and O–H groups in total. The van der Waals surface area contributed by atoms with Crippen LogP contribution in [0.15, 0.2) is 24.3 Å². The number of carbonyl (C=O) groups is 3. The van der Waals surface area contributed by atoms with Crippen molar-refractivity contribution in [1.82, 2.24) is 0 Å². The minimum atomic E-state index is -0.772. The molecule has 0 aromatic carbocycles. The van der Waals surface area contributed by atoms with E-state index < -0.39 is 6.10 Å². The van der Waals surface area contributed by atoms with Gasteiger partial charge in [0.15, 0.2) is 6.10 Å². The Kier molecular flexibility index (Phi) is 59.6. The molecule has 0 aromatic heterocycles. The molecular weight excluding hydrogens is 889 g/mol. The van der Waals surface area contributed by atoms with E-state index in [1.54, 1.807) is 0 Å². The smallest absolute Gasteiger partial charge is 0.306 e. The molecule has 1 atom stereocenters. The van der Waals surface area contributed by atoms with Crippen molar-refractivity contribution in [2.75, 3.05) is 13.2 Å². The quantitative estimate of drug-likeness (QED) is 0.0261. The molecule has 6 nitrogen and oxygen atoms in total. The fourth-order valence-electron chi connectivity index (χ4n) is 9.83. The summed E-state index contributed by atoms with van der Waals surface area (Å²) in [6.45, 7) is 6.57. The topological polar surface area (TPSA) is 78.9 Å². The summed E-state index contributed by atoms with van der Waals surface area (Å²) in [6.07, 6.45) is 74.1. The van der Waals surface area contributed by atoms with Crippen molar-refractivity contribution < 1.29 is 28.6 Å². The van der Waals surface area contributed by atoms with Crippen LogP contribution in [0, 0.1) is 0 Å². The highest BCUT2D eigenvalue weighted by Crippen LogP contribution is 2.18. The summed E-state index contributed by atoms with van der Waals surface area (Å²) in [5.74, 6) is -0.883. The first-order chi connectivity index (χ1) is 35.5. The van der Waals surface area contributed by atoms with E-state index in [1.807, 2.05) is 0 Å². The molecule has 0 saturated carbocycles. The molecule has 1 unspecified atom stereocenters. The molecule has 0 fully saturated rings. The van der Waals surface area contributed by atoms with Gasteiger partial charge in [0, 0.05) is 19.3 Å². The maximum Gasteiger partial charge on any atom is 0.306 e. The Morgan fingerprint density at radius 1 is 0.278 bits per heavy atom. The van der Waals surface area contributed by atoms with Crippen LogP contribution in [0.4, 0.5) is 0 Å². The van der Waals surface area contributed by atoms with Crippen LogP contribution in [0.5, 0.6) is 0 Å². The maximum atomic E-state index is 12.8. The van der Waals surface area contributed by atoms with Crippen LogP contribution < -0.4 is 0 Å². The number of esters is 3. The molecule has 0 aliphatic carbocycles. The third-order valence-electron chi connectivity index (χ3n) is 14.7. The highest BCUT2D eigenvalue weighted by atomic mass is 16.6. The van der Waals surface area contributed by atoms with Crippen molar-refractivity contribution in [2.45, 2.75) is 367 Å². The Hall–Kier alpha value is -2.11. The second-order valence-corrected chi connectivity index (χ2v) is 22.0. The molecule has 0 rings (SSSR count). The molecule has 0 amide bonds. The van der Waals surface area contributed by atoms with Crippen molar-refractivity contribution in [1.29, 1.82) is 0 Å². The van der Waals surface area contributed by atoms with Crippen LogP contribution in [-0.4, -0.2) is 37.2 Å². The SMILES string of the molecule is CCCCC/C=C\C/C=C\CCCCCCCC(=O)OC(COC(=O)CCCCCCC)COC(=O)CCCCCCCCCCCCCCCCCCCCCCCCCCCCCCCCCCCC. The van der Waals surface area contributed by atoms with Gasteiger partial charge >= 0.3 is 17.9 Å². The van der Waals surface area contributed by atoms with E-state index >= 15 is 0 Å². The Morgan fingerprint density at radius 3 is 0.792 bits per heavy atom. The molecule has 0 aliphatic rings. The van der Waals surface area contributed by atoms with Gasteiger partial charge in [-0.2, -0.15) is 0 Å². The van der Waals surface area contributed by atoms with Crippen molar-refractivity contribution in [2.24, 2.45) is 0 Å². The number of ether oxygens (including phenoxy) is 3. The largest absolute Gasteiger partial charge is 0.462 e. The number of rotatable bonds is 60. The number of carbonyl (C=O) groups excluding carboxylic acids is 3. The monoisotopic (exact) mass is 1010 g/mol. The van der Waals surface area contributed by atoms with E-state index in [2.05, 4.69) is 45.1 Å². The van der Waals surface area contributed by atoms with Gasteiger partial charge < -0.3 is 14.2 Å². The van der Waals surface area contributed by atoms with Crippen molar-refractivity contribution >= 4 is 17.9 Å². The summed E-state index contributed by atoms with van der Waals surface area (Å²) in [7, 11) is 0. The fraction of sp³-hybridized carbons (Fsp3) is 0.894. The summed E-state index contributed by atoms with van der Waals surface area (Å²) in [4.78, 5) is 37.8. The average molecular weight is 1010 g/mol. The van der Waals surface area contributed by atoms with Crippen LogP contribution in [0.2, 0.25) is 0 Å². The Bertz CT molecular complexity index is 1160. The lowest BCUT2D eigenvalue weighted by Crippen LogP contribution is -2.30. The molecule has 0 heterocycles. The van der Waals surface area contributed by atoms with E-state index in [1.165, 1.54) is 238 Å². The van der Waals surface area contributed by atoms with Gasteiger partial charge in [0.25, 0.3) is 0 Å². The Labute approximate surface area is 449 Å². The number of hydrogen-bond donors (Lipinski definition) is 0. The third-order valence-corrected chi connectivity index (χ3v) is 14.7. The zero-order valence-electron chi connectivity index (χ0n) is 48.7. The van der Waals surface area contributed by atoms with Gasteiger partial charge in [0.05, 0.1) is 0 Å². The summed E-state index contributed by atoms with van der Waals surface area (Å²) < 4.78 is 16.7. The van der Waals surface area contributed by atoms with E-state index in [0.717, 1.165) is 83.5 Å². The predicted molar refractivity (Wildman–Crippen MR) is 312 cm³/mol. The number of allylic oxidation sites excluding steroid dienone is 4. The zero-order chi connectivity index (χ0) is 52.2. The molecule has 0 bridgehead atoms. The molecule has 0 radical (unpaired) electrons. The molecule has 72 heavy (non-hydrogen) atoms. The molecule has 0 spiro atoms. The highest BCUT2D eigenvalue weighted by molar-refractivity contribution is 5.71. The first-order valence-electron chi connectivity index (χ1n) is 32.3. The van der Waals surface area contributed by atoms with Crippen LogP contribution in [0.3, 0.4) is 0 Å². The fourth-order valence-corrected chi connectivity index (χ4v) is 9.83. The molecule has 0 saturated heterocycles. The first-order valence-corrected chi connectivity index (χ1v) is 32.3. The van der Waals surface area contributed by atoms with Crippen molar-refractivity contribution in [3.8, 4) is 0 Å². The summed E-state index contributed by atoms with van der Waals surface area (Å²) in [6, 6.07) is 0.